The van der Waals surface area contributed by atoms with Gasteiger partial charge in [0.1, 0.15) is 0 Å². The number of rotatable bonds is 4. The van der Waals surface area contributed by atoms with E-state index in [-0.39, 0.29) is 11.7 Å². The minimum atomic E-state index is -0.140. The summed E-state index contributed by atoms with van der Waals surface area (Å²) in [4.78, 5) is 26.9. The van der Waals surface area contributed by atoms with Crippen LogP contribution < -0.4 is 5.32 Å². The number of carbonyl (C=O) groups is 2. The molecule has 0 atom stereocenters. The van der Waals surface area contributed by atoms with E-state index in [1.165, 1.54) is 13.0 Å². The lowest BCUT2D eigenvalue weighted by Crippen LogP contribution is -2.05. The zero-order valence-electron chi connectivity index (χ0n) is 11.0. The average Bonchev–Trinajstić information content (AvgIpc) is 2.46. The molecular weight excluding hydrogens is 252 g/mol. The predicted octanol–water partition coefficient (Wildman–Crippen LogP) is 2.94. The molecule has 0 fully saturated rings. The molecule has 1 heterocycles. The van der Waals surface area contributed by atoms with Crippen LogP contribution in [0.3, 0.4) is 0 Å². The molecule has 4 nitrogen and oxygen atoms in total. The Morgan fingerprint density at radius 2 is 1.85 bits per heavy atom. The van der Waals surface area contributed by atoms with Gasteiger partial charge in [-0.1, -0.05) is 6.07 Å². The number of aromatic nitrogens is 1. The summed E-state index contributed by atoms with van der Waals surface area (Å²) in [6.07, 6.45) is 4.83. The third kappa shape index (κ3) is 3.88. The van der Waals surface area contributed by atoms with Crippen molar-refractivity contribution in [3.63, 3.8) is 0 Å². The van der Waals surface area contributed by atoms with E-state index in [1.54, 1.807) is 36.5 Å². The highest BCUT2D eigenvalue weighted by Crippen LogP contribution is 2.11. The lowest BCUT2D eigenvalue weighted by Gasteiger charge is -2.02. The summed E-state index contributed by atoms with van der Waals surface area (Å²) >= 11 is 0. The summed E-state index contributed by atoms with van der Waals surface area (Å²) in [5, 5.41) is 2.65. The molecule has 0 saturated heterocycles. The van der Waals surface area contributed by atoms with Crippen molar-refractivity contribution in [2.24, 2.45) is 0 Å². The van der Waals surface area contributed by atoms with Crippen molar-refractivity contribution in [1.82, 2.24) is 4.98 Å². The summed E-state index contributed by atoms with van der Waals surface area (Å²) in [5.41, 5.74) is 1.96. The molecule has 0 unspecified atom stereocenters. The van der Waals surface area contributed by atoms with Crippen molar-refractivity contribution in [2.75, 3.05) is 5.32 Å². The standard InChI is InChI=1S/C16H14N2O2/c1-12(19)18-15-7-5-13(6-8-15)16(20)10-9-14-4-2-3-11-17-14/h2-11H,1H3,(H,18,19)/b10-9+. The number of nitrogens with zero attached hydrogens (tertiary/aromatic N) is 1. The fourth-order valence-corrected chi connectivity index (χ4v) is 1.65. The number of benzene rings is 1. The first-order chi connectivity index (χ1) is 9.65. The Labute approximate surface area is 117 Å². The number of hydrogen-bond acceptors (Lipinski definition) is 3. The van der Waals surface area contributed by atoms with Gasteiger partial charge in [-0.25, -0.2) is 0 Å². The van der Waals surface area contributed by atoms with Crippen molar-refractivity contribution < 1.29 is 9.59 Å². The van der Waals surface area contributed by atoms with Gasteiger partial charge < -0.3 is 5.32 Å². The first kappa shape index (κ1) is 13.7. The second-order valence-electron chi connectivity index (χ2n) is 4.21. The van der Waals surface area contributed by atoms with Gasteiger partial charge in [0.15, 0.2) is 5.78 Å². The van der Waals surface area contributed by atoms with Gasteiger partial charge in [0.25, 0.3) is 0 Å². The first-order valence-electron chi connectivity index (χ1n) is 6.16. The van der Waals surface area contributed by atoms with Crippen molar-refractivity contribution in [1.29, 1.82) is 0 Å². The van der Waals surface area contributed by atoms with E-state index < -0.39 is 0 Å². The minimum Gasteiger partial charge on any atom is -0.326 e. The largest absolute Gasteiger partial charge is 0.326 e. The Bertz CT molecular complexity index is 631. The molecule has 100 valence electrons. The second kappa shape index (κ2) is 6.43. The molecule has 0 spiro atoms. The van der Waals surface area contributed by atoms with Crippen LogP contribution in [0.25, 0.3) is 6.08 Å². The smallest absolute Gasteiger partial charge is 0.221 e. The molecule has 0 radical (unpaired) electrons. The van der Waals surface area contributed by atoms with Gasteiger partial charge in [-0.3, -0.25) is 14.6 Å². The summed E-state index contributed by atoms with van der Waals surface area (Å²) in [6, 6.07) is 12.3. The topological polar surface area (TPSA) is 59.1 Å². The maximum Gasteiger partial charge on any atom is 0.221 e. The summed E-state index contributed by atoms with van der Waals surface area (Å²) < 4.78 is 0. The quantitative estimate of drug-likeness (QED) is 0.683. The molecule has 0 aliphatic carbocycles. The minimum absolute atomic E-state index is 0.106. The fraction of sp³-hybridized carbons (Fsp3) is 0.0625. The van der Waals surface area contributed by atoms with Gasteiger partial charge in [0, 0.05) is 24.4 Å². The number of hydrogen-bond donors (Lipinski definition) is 1. The highest BCUT2D eigenvalue weighted by molar-refractivity contribution is 6.07. The molecule has 20 heavy (non-hydrogen) atoms. The van der Waals surface area contributed by atoms with Crippen LogP contribution in [0.15, 0.2) is 54.7 Å². The molecule has 0 aliphatic rings. The van der Waals surface area contributed by atoms with E-state index in [0.717, 1.165) is 5.69 Å². The number of carbonyl (C=O) groups excluding carboxylic acids is 2. The number of ketones is 1. The molecule has 1 amide bonds. The van der Waals surface area contributed by atoms with Gasteiger partial charge in [-0.2, -0.15) is 0 Å². The molecule has 2 aromatic rings. The van der Waals surface area contributed by atoms with Crippen LogP contribution in [0.5, 0.6) is 0 Å². The van der Waals surface area contributed by atoms with E-state index in [9.17, 15) is 9.59 Å². The highest BCUT2D eigenvalue weighted by Gasteiger charge is 2.02. The Balaban J connectivity index is 2.06. The lowest BCUT2D eigenvalue weighted by molar-refractivity contribution is -0.114. The van der Waals surface area contributed by atoms with Crippen LogP contribution in [-0.4, -0.2) is 16.7 Å². The summed E-state index contributed by atoms with van der Waals surface area (Å²) in [7, 11) is 0. The summed E-state index contributed by atoms with van der Waals surface area (Å²) in [6.45, 7) is 1.44. The van der Waals surface area contributed by atoms with Gasteiger partial charge in [-0.15, -0.1) is 0 Å². The Morgan fingerprint density at radius 3 is 2.45 bits per heavy atom. The third-order valence-electron chi connectivity index (χ3n) is 2.58. The number of amides is 1. The number of pyridine rings is 1. The van der Waals surface area contributed by atoms with Gasteiger partial charge in [-0.05, 0) is 48.6 Å². The van der Waals surface area contributed by atoms with Crippen LogP contribution in [0.2, 0.25) is 0 Å². The van der Waals surface area contributed by atoms with Gasteiger partial charge >= 0.3 is 0 Å². The van der Waals surface area contributed by atoms with E-state index in [4.69, 9.17) is 0 Å². The molecule has 1 aromatic carbocycles. The van der Waals surface area contributed by atoms with Crippen LogP contribution >= 0.6 is 0 Å². The fourth-order valence-electron chi connectivity index (χ4n) is 1.65. The molecule has 0 saturated carbocycles. The van der Waals surface area contributed by atoms with Crippen LogP contribution in [0.4, 0.5) is 5.69 Å². The average molecular weight is 266 g/mol. The van der Waals surface area contributed by atoms with Crippen LogP contribution in [0.1, 0.15) is 23.0 Å². The van der Waals surface area contributed by atoms with E-state index in [2.05, 4.69) is 10.3 Å². The van der Waals surface area contributed by atoms with Crippen molar-refractivity contribution >= 4 is 23.5 Å². The number of anilines is 1. The Kier molecular flexibility index (Phi) is 4.39. The second-order valence-corrected chi connectivity index (χ2v) is 4.21. The molecule has 1 N–H and O–H groups in total. The molecule has 1 aromatic heterocycles. The van der Waals surface area contributed by atoms with Crippen LogP contribution in [0, 0.1) is 0 Å². The van der Waals surface area contributed by atoms with E-state index >= 15 is 0 Å². The molecule has 0 bridgehead atoms. The zero-order chi connectivity index (χ0) is 14.4. The maximum absolute atomic E-state index is 11.9. The Hall–Kier alpha value is -2.75. The van der Waals surface area contributed by atoms with Crippen molar-refractivity contribution in [2.45, 2.75) is 6.92 Å². The number of nitrogens with one attached hydrogen (secondary N) is 1. The molecule has 4 heteroatoms. The summed E-state index contributed by atoms with van der Waals surface area (Å²) in [5.74, 6) is -0.246. The van der Waals surface area contributed by atoms with Crippen molar-refractivity contribution in [3.05, 3.63) is 66.0 Å². The SMILES string of the molecule is CC(=O)Nc1ccc(C(=O)/C=C/c2ccccn2)cc1. The lowest BCUT2D eigenvalue weighted by atomic mass is 10.1. The first-order valence-corrected chi connectivity index (χ1v) is 6.16. The van der Waals surface area contributed by atoms with Crippen molar-refractivity contribution in [3.8, 4) is 0 Å². The predicted molar refractivity (Wildman–Crippen MR) is 78.3 cm³/mol. The maximum atomic E-state index is 11.9. The molecule has 2 rings (SSSR count). The molecule has 0 aliphatic heterocycles. The Morgan fingerprint density at radius 1 is 1.10 bits per heavy atom. The van der Waals surface area contributed by atoms with E-state index in [1.807, 2.05) is 18.2 Å². The normalized spacial score (nSPS) is 10.4. The number of allylic oxidation sites excluding steroid dienone is 1. The molecular formula is C16H14N2O2. The monoisotopic (exact) mass is 266 g/mol. The van der Waals surface area contributed by atoms with Gasteiger partial charge in [0.2, 0.25) is 5.91 Å². The van der Waals surface area contributed by atoms with E-state index in [0.29, 0.717) is 11.3 Å². The zero-order valence-corrected chi connectivity index (χ0v) is 11.0. The third-order valence-corrected chi connectivity index (χ3v) is 2.58. The van der Waals surface area contributed by atoms with Gasteiger partial charge in [0.05, 0.1) is 5.69 Å². The highest BCUT2D eigenvalue weighted by atomic mass is 16.1. The van der Waals surface area contributed by atoms with Crippen LogP contribution in [-0.2, 0) is 4.79 Å².